The first-order chi connectivity index (χ1) is 18.4. The fourth-order valence-electron chi connectivity index (χ4n) is 4.44. The van der Waals surface area contributed by atoms with Crippen molar-refractivity contribution in [2.24, 2.45) is 7.05 Å². The van der Waals surface area contributed by atoms with Crippen molar-refractivity contribution < 1.29 is 9.67 Å². The van der Waals surface area contributed by atoms with Gasteiger partial charge in [0.1, 0.15) is 0 Å². The maximum absolute atomic E-state index is 12.4. The van der Waals surface area contributed by atoms with E-state index in [1.807, 2.05) is 75.5 Å². The number of fused-ring (bicyclic) bond motifs is 1. The molecule has 3 aromatic carbocycles. The molecule has 2 N–H and O–H groups in total. The van der Waals surface area contributed by atoms with Crippen molar-refractivity contribution in [3.63, 3.8) is 0 Å². The Bertz CT molecular complexity index is 1720. The van der Waals surface area contributed by atoms with E-state index in [2.05, 4.69) is 9.97 Å². The highest BCUT2D eigenvalue weighted by atomic mass is 35.5. The van der Waals surface area contributed by atoms with E-state index < -0.39 is 12.7 Å². The summed E-state index contributed by atoms with van der Waals surface area (Å²) in [4.78, 5) is 19.6. The molecule has 8 heteroatoms. The third-order valence-electron chi connectivity index (χ3n) is 6.91. The Hall–Kier alpha value is -3.44. The van der Waals surface area contributed by atoms with Gasteiger partial charge in [-0.05, 0) is 78.5 Å². The second kappa shape index (κ2) is 11.4. The van der Waals surface area contributed by atoms with E-state index in [9.17, 15) is 14.5 Å². The van der Waals surface area contributed by atoms with Crippen molar-refractivity contribution in [3.8, 4) is 11.1 Å². The van der Waals surface area contributed by atoms with Gasteiger partial charge in [0, 0.05) is 29.0 Å². The summed E-state index contributed by atoms with van der Waals surface area (Å²) in [5, 5.41) is 13.7. The number of hydrogen-bond acceptors (Lipinski definition) is 4. The number of imidazole rings is 1. The molecule has 0 spiro atoms. The van der Waals surface area contributed by atoms with Gasteiger partial charge in [0.15, 0.2) is 5.60 Å². The van der Waals surface area contributed by atoms with E-state index in [0.717, 1.165) is 28.2 Å². The molecule has 0 aliphatic rings. The SMILES string of the molecule is CCP(C)(C)=O.Cc1ccccc1-c1cc(=O)[nH]c2ccc(C(O)(c3ccc(Cl)cc3)c3cncn3C)cc12. The van der Waals surface area contributed by atoms with Crippen molar-refractivity contribution in [2.45, 2.75) is 19.4 Å². The van der Waals surface area contributed by atoms with Crippen LogP contribution in [0.4, 0.5) is 0 Å². The summed E-state index contributed by atoms with van der Waals surface area (Å²) in [6.07, 6.45) is 4.15. The minimum atomic E-state index is -1.65. The zero-order chi connectivity index (χ0) is 28.4. The third-order valence-corrected chi connectivity index (χ3v) is 8.68. The van der Waals surface area contributed by atoms with Crippen LogP contribution in [0.25, 0.3) is 22.0 Å². The van der Waals surface area contributed by atoms with E-state index in [1.54, 1.807) is 48.6 Å². The van der Waals surface area contributed by atoms with Crippen molar-refractivity contribution in [3.05, 3.63) is 123 Å². The molecule has 0 aliphatic carbocycles. The van der Waals surface area contributed by atoms with E-state index in [-0.39, 0.29) is 5.56 Å². The molecular formula is C31H33ClN3O3P. The van der Waals surface area contributed by atoms with E-state index in [1.165, 1.54) is 0 Å². The molecule has 0 radical (unpaired) electrons. The number of halogens is 1. The number of nitrogens with one attached hydrogen (secondary N) is 1. The second-order valence-corrected chi connectivity index (χ2v) is 14.3. The Morgan fingerprint density at radius 1 is 1.00 bits per heavy atom. The molecule has 1 atom stereocenters. The summed E-state index contributed by atoms with van der Waals surface area (Å²) in [6, 6.07) is 22.3. The Balaban J connectivity index is 0.000000531. The molecule has 5 rings (SSSR count). The van der Waals surface area contributed by atoms with Crippen LogP contribution in [0, 0.1) is 6.92 Å². The first-order valence-electron chi connectivity index (χ1n) is 12.7. The summed E-state index contributed by atoms with van der Waals surface area (Å²) in [7, 11) is 0.201. The number of benzene rings is 3. The number of aromatic nitrogens is 3. The lowest BCUT2D eigenvalue weighted by atomic mass is 9.82. The van der Waals surface area contributed by atoms with Gasteiger partial charge in [-0.3, -0.25) is 4.79 Å². The smallest absolute Gasteiger partial charge is 0.249 e. The molecule has 0 saturated heterocycles. The van der Waals surface area contributed by atoms with E-state index >= 15 is 0 Å². The van der Waals surface area contributed by atoms with Crippen LogP contribution in [0.5, 0.6) is 0 Å². The van der Waals surface area contributed by atoms with Crippen molar-refractivity contribution in [2.75, 3.05) is 19.5 Å². The van der Waals surface area contributed by atoms with Crippen molar-refractivity contribution in [1.82, 2.24) is 14.5 Å². The lowest BCUT2D eigenvalue weighted by molar-refractivity contribution is 0.117. The van der Waals surface area contributed by atoms with Crippen LogP contribution in [0.3, 0.4) is 0 Å². The van der Waals surface area contributed by atoms with Gasteiger partial charge in [0.2, 0.25) is 5.56 Å². The summed E-state index contributed by atoms with van der Waals surface area (Å²) in [5.41, 5.74) is 3.84. The molecule has 0 aliphatic heterocycles. The number of aromatic amines is 1. The average molecular weight is 562 g/mol. The summed E-state index contributed by atoms with van der Waals surface area (Å²) in [6.45, 7) is 7.56. The maximum atomic E-state index is 12.4. The number of aryl methyl sites for hydroxylation is 2. The Morgan fingerprint density at radius 3 is 2.23 bits per heavy atom. The minimum Gasteiger partial charge on any atom is -0.374 e. The number of hydrogen-bond donors (Lipinski definition) is 2. The topological polar surface area (TPSA) is 88.0 Å². The highest BCUT2D eigenvalue weighted by Crippen LogP contribution is 2.39. The minimum absolute atomic E-state index is 0.173. The van der Waals surface area contributed by atoms with Crippen LogP contribution in [0.15, 0.2) is 90.1 Å². The van der Waals surface area contributed by atoms with Crippen molar-refractivity contribution in [1.29, 1.82) is 0 Å². The number of rotatable bonds is 5. The Morgan fingerprint density at radius 2 is 1.64 bits per heavy atom. The number of H-pyrrole nitrogens is 1. The molecule has 0 bridgehead atoms. The zero-order valence-corrected chi connectivity index (χ0v) is 24.4. The highest BCUT2D eigenvalue weighted by Gasteiger charge is 2.36. The number of pyridine rings is 1. The van der Waals surface area contributed by atoms with Gasteiger partial charge in [-0.1, -0.05) is 61.0 Å². The Labute approximate surface area is 233 Å². The molecule has 0 amide bonds. The van der Waals surface area contributed by atoms with Crippen molar-refractivity contribution >= 4 is 29.6 Å². The fraction of sp³-hybridized carbons (Fsp3) is 0.226. The molecule has 2 heterocycles. The molecular weight excluding hydrogens is 529 g/mol. The van der Waals surface area contributed by atoms with Crippen LogP contribution < -0.4 is 5.56 Å². The predicted molar refractivity (Wildman–Crippen MR) is 161 cm³/mol. The third kappa shape index (κ3) is 6.09. The molecule has 0 saturated carbocycles. The second-order valence-electron chi connectivity index (χ2n) is 10.1. The quantitative estimate of drug-likeness (QED) is 0.231. The first-order valence-corrected chi connectivity index (χ1v) is 15.8. The predicted octanol–water partition coefficient (Wildman–Crippen LogP) is 6.80. The van der Waals surface area contributed by atoms with Gasteiger partial charge in [0.05, 0.1) is 25.4 Å². The van der Waals surface area contributed by atoms with Crippen LogP contribution in [0.1, 0.15) is 29.3 Å². The van der Waals surface area contributed by atoms with Gasteiger partial charge < -0.3 is 19.2 Å². The van der Waals surface area contributed by atoms with Gasteiger partial charge >= 0.3 is 0 Å². The Kier molecular flexibility index (Phi) is 8.31. The molecule has 0 fully saturated rings. The van der Waals surface area contributed by atoms with Crippen LogP contribution >= 0.6 is 18.7 Å². The summed E-state index contributed by atoms with van der Waals surface area (Å²) in [5.74, 6) is 0. The van der Waals surface area contributed by atoms with Gasteiger partial charge in [0.25, 0.3) is 0 Å². The van der Waals surface area contributed by atoms with Gasteiger partial charge in [-0.15, -0.1) is 0 Å². The summed E-state index contributed by atoms with van der Waals surface area (Å²) >= 11 is 6.13. The van der Waals surface area contributed by atoms with Crippen LogP contribution in [0.2, 0.25) is 5.02 Å². The van der Waals surface area contributed by atoms with E-state index in [4.69, 9.17) is 11.6 Å². The average Bonchev–Trinajstić information content (AvgIpc) is 3.34. The molecule has 2 aromatic heterocycles. The van der Waals surface area contributed by atoms with E-state index in [0.29, 0.717) is 27.4 Å². The molecule has 1 unspecified atom stereocenters. The van der Waals surface area contributed by atoms with Gasteiger partial charge in [-0.2, -0.15) is 0 Å². The van der Waals surface area contributed by atoms with Crippen LogP contribution in [-0.2, 0) is 17.2 Å². The zero-order valence-electron chi connectivity index (χ0n) is 22.8. The number of aliphatic hydroxyl groups is 1. The largest absolute Gasteiger partial charge is 0.374 e. The summed E-state index contributed by atoms with van der Waals surface area (Å²) < 4.78 is 12.4. The monoisotopic (exact) mass is 561 g/mol. The highest BCUT2D eigenvalue weighted by molar-refractivity contribution is 7.62. The standard InChI is InChI=1S/C27H22ClN3O2.C4H11OP/c1-17-5-3-4-6-21(17)22-14-26(32)30-24-12-9-19(13-23(22)24)27(33,25-15-29-16-31(25)2)18-7-10-20(28)11-8-18;1-4-6(2,3)5/h3-16,33H,1-2H3,(H,30,32);4H2,1-3H3. The molecule has 6 nitrogen and oxygen atoms in total. The molecule has 39 heavy (non-hydrogen) atoms. The normalized spacial score (nSPS) is 13.0. The first kappa shape index (κ1) is 28.6. The molecule has 202 valence electrons. The lowest BCUT2D eigenvalue weighted by Gasteiger charge is -2.30. The fourth-order valence-corrected chi connectivity index (χ4v) is 4.56. The van der Waals surface area contributed by atoms with Gasteiger partial charge in [-0.25, -0.2) is 4.98 Å². The number of nitrogens with zero attached hydrogens (tertiary/aromatic N) is 2. The molecule has 5 aromatic rings. The van der Waals surface area contributed by atoms with Crippen LogP contribution in [-0.4, -0.2) is 39.1 Å². The maximum Gasteiger partial charge on any atom is 0.249 e. The lowest BCUT2D eigenvalue weighted by Crippen LogP contribution is -2.31.